The highest BCUT2D eigenvalue weighted by Crippen LogP contribution is 2.37. The average molecular weight is 380 g/mol. The Balaban J connectivity index is 1.94. The maximum absolute atomic E-state index is 12.6. The maximum Gasteiger partial charge on any atom is 0.271 e. The molecular weight excluding hydrogens is 360 g/mol. The summed E-state index contributed by atoms with van der Waals surface area (Å²) in [6.45, 7) is 5.76. The van der Waals surface area contributed by atoms with E-state index in [1.165, 1.54) is 16.2 Å². The predicted octanol–water partition coefficient (Wildman–Crippen LogP) is 3.24. The molecule has 0 radical (unpaired) electrons. The van der Waals surface area contributed by atoms with Crippen LogP contribution in [0.3, 0.4) is 0 Å². The van der Waals surface area contributed by atoms with Gasteiger partial charge in [0.1, 0.15) is 16.6 Å². The Morgan fingerprint density at radius 2 is 1.96 bits per heavy atom. The summed E-state index contributed by atoms with van der Waals surface area (Å²) >= 11 is 1.21. The van der Waals surface area contributed by atoms with E-state index in [1.54, 1.807) is 37.4 Å². The second kappa shape index (κ2) is 6.03. The van der Waals surface area contributed by atoms with Crippen molar-refractivity contribution in [1.29, 1.82) is 0 Å². The van der Waals surface area contributed by atoms with E-state index in [2.05, 4.69) is 4.72 Å². The van der Waals surface area contributed by atoms with Crippen molar-refractivity contribution in [2.75, 3.05) is 23.3 Å². The quantitative estimate of drug-likeness (QED) is 0.887. The van der Waals surface area contributed by atoms with Gasteiger partial charge in [-0.15, -0.1) is 11.3 Å². The molecule has 1 aromatic heterocycles. The van der Waals surface area contributed by atoms with Crippen molar-refractivity contribution in [3.8, 4) is 5.75 Å². The molecule has 1 amide bonds. The van der Waals surface area contributed by atoms with E-state index in [4.69, 9.17) is 4.74 Å². The predicted molar refractivity (Wildman–Crippen MR) is 99.0 cm³/mol. The van der Waals surface area contributed by atoms with Crippen LogP contribution in [0, 0.1) is 12.3 Å². The molecule has 8 heteroatoms. The number of hydrogen-bond donors (Lipinski definition) is 1. The van der Waals surface area contributed by atoms with Crippen molar-refractivity contribution in [3.05, 3.63) is 35.2 Å². The molecule has 0 fully saturated rings. The molecule has 1 aromatic carbocycles. The van der Waals surface area contributed by atoms with Gasteiger partial charge in [0, 0.05) is 11.9 Å². The molecule has 1 aliphatic heterocycles. The molecule has 0 saturated carbocycles. The first-order chi connectivity index (χ1) is 11.6. The third-order valence-electron chi connectivity index (χ3n) is 4.03. The van der Waals surface area contributed by atoms with E-state index in [0.29, 0.717) is 17.1 Å². The number of carbonyl (C=O) groups excluding carboxylic acids is 1. The highest BCUT2D eigenvalue weighted by atomic mass is 32.2. The zero-order valence-corrected chi connectivity index (χ0v) is 16.1. The van der Waals surface area contributed by atoms with Gasteiger partial charge in [-0.2, -0.15) is 0 Å². The third kappa shape index (κ3) is 3.36. The van der Waals surface area contributed by atoms with E-state index in [9.17, 15) is 13.2 Å². The highest BCUT2D eigenvalue weighted by Gasteiger charge is 2.36. The lowest BCUT2D eigenvalue weighted by atomic mass is 9.93. The molecule has 0 aliphatic carbocycles. The number of benzene rings is 1. The minimum Gasteiger partial charge on any atom is -0.490 e. The number of carbonyl (C=O) groups is 1. The van der Waals surface area contributed by atoms with Crippen molar-refractivity contribution in [1.82, 2.24) is 0 Å². The summed E-state index contributed by atoms with van der Waals surface area (Å²) in [4.78, 5) is 15.0. The van der Waals surface area contributed by atoms with E-state index in [1.807, 2.05) is 20.8 Å². The van der Waals surface area contributed by atoms with Crippen LogP contribution in [0.15, 0.2) is 34.5 Å². The topological polar surface area (TPSA) is 75.7 Å². The summed E-state index contributed by atoms with van der Waals surface area (Å²) in [5.41, 5.74) is 0.271. The number of rotatable bonds is 3. The van der Waals surface area contributed by atoms with Crippen LogP contribution in [-0.4, -0.2) is 28.0 Å². The third-order valence-corrected chi connectivity index (χ3v) is 6.90. The summed E-state index contributed by atoms with van der Waals surface area (Å²) in [6, 6.07) is 8.27. The van der Waals surface area contributed by atoms with Crippen LogP contribution in [0.25, 0.3) is 0 Å². The molecule has 0 saturated heterocycles. The Hall–Kier alpha value is -2.06. The Bertz CT molecular complexity index is 932. The Morgan fingerprint density at radius 1 is 1.24 bits per heavy atom. The fourth-order valence-electron chi connectivity index (χ4n) is 2.61. The van der Waals surface area contributed by atoms with Crippen molar-refractivity contribution < 1.29 is 17.9 Å². The van der Waals surface area contributed by atoms with Crippen molar-refractivity contribution in [2.24, 2.45) is 5.41 Å². The largest absolute Gasteiger partial charge is 0.490 e. The van der Waals surface area contributed by atoms with Crippen molar-refractivity contribution in [3.63, 3.8) is 0 Å². The molecule has 2 heterocycles. The minimum atomic E-state index is -3.66. The van der Waals surface area contributed by atoms with Gasteiger partial charge in [0.15, 0.2) is 0 Å². The first-order valence-electron chi connectivity index (χ1n) is 7.74. The van der Waals surface area contributed by atoms with Gasteiger partial charge in [0.2, 0.25) is 5.91 Å². The first-order valence-corrected chi connectivity index (χ1v) is 10.0. The van der Waals surface area contributed by atoms with Gasteiger partial charge >= 0.3 is 0 Å². The molecule has 1 N–H and O–H groups in total. The summed E-state index contributed by atoms with van der Waals surface area (Å²) in [7, 11) is -1.99. The number of fused-ring (bicyclic) bond motifs is 1. The van der Waals surface area contributed by atoms with Crippen molar-refractivity contribution in [2.45, 2.75) is 25.0 Å². The number of sulfonamides is 1. The molecule has 0 atom stereocenters. The monoisotopic (exact) mass is 380 g/mol. The summed E-state index contributed by atoms with van der Waals surface area (Å²) in [6.07, 6.45) is 0. The normalized spacial score (nSPS) is 16.8. The van der Waals surface area contributed by atoms with E-state index in [0.717, 1.165) is 4.88 Å². The highest BCUT2D eigenvalue weighted by molar-refractivity contribution is 7.94. The summed E-state index contributed by atoms with van der Waals surface area (Å²) < 4.78 is 33.5. The van der Waals surface area contributed by atoms with Gasteiger partial charge in [0.05, 0.1) is 16.8 Å². The Kier molecular flexibility index (Phi) is 4.28. The van der Waals surface area contributed by atoms with Gasteiger partial charge in [0.25, 0.3) is 10.0 Å². The number of anilines is 2. The number of hydrogen-bond acceptors (Lipinski definition) is 5. The Labute approximate surface area is 151 Å². The fourth-order valence-corrected chi connectivity index (χ4v) is 4.94. The maximum atomic E-state index is 12.6. The number of amides is 1. The molecule has 0 bridgehead atoms. The lowest BCUT2D eigenvalue weighted by Gasteiger charge is -2.24. The lowest BCUT2D eigenvalue weighted by Crippen LogP contribution is -2.39. The minimum absolute atomic E-state index is 0.0832. The number of nitrogens with one attached hydrogen (secondary N) is 1. The van der Waals surface area contributed by atoms with E-state index >= 15 is 0 Å². The summed E-state index contributed by atoms with van der Waals surface area (Å²) in [5.74, 6) is 0.469. The van der Waals surface area contributed by atoms with Gasteiger partial charge in [-0.25, -0.2) is 8.42 Å². The van der Waals surface area contributed by atoms with Crippen LogP contribution >= 0.6 is 11.3 Å². The van der Waals surface area contributed by atoms with Gasteiger partial charge < -0.3 is 9.64 Å². The molecule has 3 rings (SSSR count). The van der Waals surface area contributed by atoms with Crippen LogP contribution in [-0.2, 0) is 14.8 Å². The molecule has 2 aromatic rings. The van der Waals surface area contributed by atoms with Gasteiger partial charge in [-0.05, 0) is 51.1 Å². The molecule has 0 unspecified atom stereocenters. The van der Waals surface area contributed by atoms with E-state index in [-0.39, 0.29) is 16.7 Å². The second-order valence-electron chi connectivity index (χ2n) is 6.69. The second-order valence-corrected chi connectivity index (χ2v) is 9.89. The molecule has 6 nitrogen and oxygen atoms in total. The van der Waals surface area contributed by atoms with Crippen molar-refractivity contribution >= 4 is 38.6 Å². The standard InChI is InChI=1S/C17H20N2O4S2/c1-11-5-8-15(24-11)25(21,22)18-12-6-7-14-13(9-12)19(4)16(20)17(2,3)10-23-14/h5-9,18H,10H2,1-4H3. The SMILES string of the molecule is Cc1ccc(S(=O)(=O)Nc2ccc3c(c2)N(C)C(=O)C(C)(C)CO3)s1. The van der Waals surface area contributed by atoms with Crippen LogP contribution in [0.1, 0.15) is 18.7 Å². The zero-order chi connectivity index (χ0) is 18.4. The lowest BCUT2D eigenvalue weighted by molar-refractivity contribution is -0.127. The molecule has 1 aliphatic rings. The summed E-state index contributed by atoms with van der Waals surface area (Å²) in [5, 5.41) is 0. The number of aryl methyl sites for hydroxylation is 1. The number of nitrogens with zero attached hydrogens (tertiary/aromatic N) is 1. The van der Waals surface area contributed by atoms with Crippen LogP contribution in [0.5, 0.6) is 5.75 Å². The molecular formula is C17H20N2O4S2. The zero-order valence-electron chi connectivity index (χ0n) is 14.5. The van der Waals surface area contributed by atoms with Gasteiger partial charge in [-0.3, -0.25) is 9.52 Å². The molecule has 134 valence electrons. The first kappa shape index (κ1) is 17.8. The van der Waals surface area contributed by atoms with Crippen LogP contribution in [0.2, 0.25) is 0 Å². The molecule has 25 heavy (non-hydrogen) atoms. The average Bonchev–Trinajstić information content (AvgIpc) is 2.96. The number of ether oxygens (including phenoxy) is 1. The smallest absolute Gasteiger partial charge is 0.271 e. The van der Waals surface area contributed by atoms with Crippen LogP contribution in [0.4, 0.5) is 11.4 Å². The Morgan fingerprint density at radius 3 is 2.60 bits per heavy atom. The fraction of sp³-hybridized carbons (Fsp3) is 0.353. The van der Waals surface area contributed by atoms with E-state index < -0.39 is 15.4 Å². The molecule has 0 spiro atoms. The van der Waals surface area contributed by atoms with Crippen LogP contribution < -0.4 is 14.4 Å². The number of thiophene rings is 1. The van der Waals surface area contributed by atoms with Gasteiger partial charge in [-0.1, -0.05) is 0 Å².